The summed E-state index contributed by atoms with van der Waals surface area (Å²) in [6.07, 6.45) is 7.26. The Balaban J connectivity index is 1.91. The fraction of sp³-hybridized carbons (Fsp3) is 0.500. The molecular weight excluding hydrogens is 252 g/mol. The lowest BCUT2D eigenvalue weighted by atomic mass is 9.80. The van der Waals surface area contributed by atoms with E-state index in [-0.39, 0.29) is 16.9 Å². The Hall–Kier alpha value is -1.68. The molecule has 0 unspecified atom stereocenters. The molecule has 1 aromatic rings. The van der Waals surface area contributed by atoms with E-state index < -0.39 is 6.04 Å². The first-order chi connectivity index (χ1) is 9.77. The largest absolute Gasteiger partial charge is 0.291 e. The van der Waals surface area contributed by atoms with E-state index in [1.165, 1.54) is 0 Å². The number of hydrogen-bond acceptors (Lipinski definition) is 3. The van der Waals surface area contributed by atoms with Crippen LogP contribution < -0.4 is 0 Å². The van der Waals surface area contributed by atoms with E-state index in [0.717, 1.165) is 37.9 Å². The quantitative estimate of drug-likeness (QED) is 0.483. The predicted octanol–water partition coefficient (Wildman–Crippen LogP) is 2.84. The number of hydrogen-bond donors (Lipinski definition) is 0. The monoisotopic (exact) mass is 272 g/mol. The third-order valence-corrected chi connectivity index (χ3v) is 4.52. The minimum absolute atomic E-state index is 0.0122. The standard InChI is InChI=1S/C16H20N2O2/c19-18(20)16-14(13-7-2-1-3-8-13)9-6-10-15(16)17-11-4-5-12-17/h1-3,6-8,10,14-16H,4-5,9,11-12H2/t14-,15+,16-/m1/s1. The molecule has 0 spiro atoms. The summed E-state index contributed by atoms with van der Waals surface area (Å²) >= 11 is 0. The fourth-order valence-electron chi connectivity index (χ4n) is 3.54. The smallest absolute Gasteiger partial charge is 0.238 e. The Morgan fingerprint density at radius 3 is 2.50 bits per heavy atom. The number of nitrogens with zero attached hydrogens (tertiary/aromatic N) is 2. The zero-order valence-corrected chi connectivity index (χ0v) is 11.5. The molecule has 0 amide bonds. The molecule has 3 rings (SSSR count). The summed E-state index contributed by atoms with van der Waals surface area (Å²) in [7, 11) is 0. The highest BCUT2D eigenvalue weighted by molar-refractivity contribution is 5.25. The molecule has 1 aliphatic heterocycles. The van der Waals surface area contributed by atoms with Crippen molar-refractivity contribution in [2.75, 3.05) is 13.1 Å². The highest BCUT2D eigenvalue weighted by Gasteiger charge is 2.43. The van der Waals surface area contributed by atoms with Gasteiger partial charge in [0.05, 0.1) is 12.0 Å². The van der Waals surface area contributed by atoms with E-state index in [2.05, 4.69) is 17.1 Å². The molecule has 1 aromatic carbocycles. The zero-order valence-electron chi connectivity index (χ0n) is 11.5. The Bertz CT molecular complexity index is 494. The molecule has 0 radical (unpaired) electrons. The van der Waals surface area contributed by atoms with Gasteiger partial charge in [-0.05, 0) is 37.9 Å². The first kappa shape index (κ1) is 13.3. The van der Waals surface area contributed by atoms with Crippen LogP contribution in [-0.2, 0) is 0 Å². The van der Waals surface area contributed by atoms with Crippen LogP contribution in [0.2, 0.25) is 0 Å². The number of rotatable bonds is 3. The van der Waals surface area contributed by atoms with Crippen molar-refractivity contribution in [1.82, 2.24) is 4.90 Å². The second kappa shape index (κ2) is 5.75. The van der Waals surface area contributed by atoms with Crippen LogP contribution in [0.1, 0.15) is 30.7 Å². The summed E-state index contributed by atoms with van der Waals surface area (Å²) in [5.74, 6) is -0.0122. The lowest BCUT2D eigenvalue weighted by molar-refractivity contribution is -0.533. The van der Waals surface area contributed by atoms with Crippen LogP contribution in [0, 0.1) is 10.1 Å². The van der Waals surface area contributed by atoms with Crippen molar-refractivity contribution >= 4 is 0 Å². The summed E-state index contributed by atoms with van der Waals surface area (Å²) in [4.78, 5) is 13.9. The average Bonchev–Trinajstić information content (AvgIpc) is 3.01. The number of likely N-dealkylation sites (tertiary alicyclic amines) is 1. The van der Waals surface area contributed by atoms with Crippen LogP contribution in [-0.4, -0.2) is 35.0 Å². The fourth-order valence-corrected chi connectivity index (χ4v) is 3.54. The maximum absolute atomic E-state index is 11.7. The summed E-state index contributed by atoms with van der Waals surface area (Å²) in [6, 6.07) is 9.35. The Labute approximate surface area is 119 Å². The molecule has 4 nitrogen and oxygen atoms in total. The van der Waals surface area contributed by atoms with E-state index in [1.54, 1.807) is 0 Å². The van der Waals surface area contributed by atoms with Gasteiger partial charge in [-0.15, -0.1) is 0 Å². The normalized spacial score (nSPS) is 30.5. The van der Waals surface area contributed by atoms with E-state index in [4.69, 9.17) is 0 Å². The summed E-state index contributed by atoms with van der Waals surface area (Å²) in [6.45, 7) is 1.97. The second-order valence-electron chi connectivity index (χ2n) is 5.69. The van der Waals surface area contributed by atoms with Gasteiger partial charge < -0.3 is 0 Å². The SMILES string of the molecule is O=[N+]([O-])[C@@H]1[C@@H](c2ccccc2)CC=C[C@@H]1N1CCCC1. The molecule has 0 bridgehead atoms. The predicted molar refractivity (Wildman–Crippen MR) is 78.3 cm³/mol. The van der Waals surface area contributed by atoms with Gasteiger partial charge in [-0.2, -0.15) is 0 Å². The first-order valence-corrected chi connectivity index (χ1v) is 7.36. The maximum atomic E-state index is 11.7. The second-order valence-corrected chi connectivity index (χ2v) is 5.69. The van der Waals surface area contributed by atoms with Crippen LogP contribution in [0.25, 0.3) is 0 Å². The number of nitro groups is 1. The number of allylic oxidation sites excluding steroid dienone is 1. The molecule has 1 heterocycles. The molecule has 2 aliphatic rings. The van der Waals surface area contributed by atoms with Crippen molar-refractivity contribution in [2.24, 2.45) is 0 Å². The maximum Gasteiger partial charge on any atom is 0.238 e. The van der Waals surface area contributed by atoms with Gasteiger partial charge in [-0.25, -0.2) is 0 Å². The van der Waals surface area contributed by atoms with Crippen LogP contribution >= 0.6 is 0 Å². The Morgan fingerprint density at radius 1 is 1.15 bits per heavy atom. The Morgan fingerprint density at radius 2 is 1.85 bits per heavy atom. The first-order valence-electron chi connectivity index (χ1n) is 7.36. The van der Waals surface area contributed by atoms with Gasteiger partial charge in [0.25, 0.3) is 0 Å². The van der Waals surface area contributed by atoms with Crippen molar-refractivity contribution in [3.05, 3.63) is 58.2 Å². The third-order valence-electron chi connectivity index (χ3n) is 4.52. The third kappa shape index (κ3) is 2.48. The van der Waals surface area contributed by atoms with E-state index in [9.17, 15) is 10.1 Å². The lowest BCUT2D eigenvalue weighted by Crippen LogP contribution is -2.49. The van der Waals surface area contributed by atoms with Crippen molar-refractivity contribution in [1.29, 1.82) is 0 Å². The topological polar surface area (TPSA) is 46.4 Å². The molecule has 4 heteroatoms. The average molecular weight is 272 g/mol. The highest BCUT2D eigenvalue weighted by Crippen LogP contribution is 2.34. The molecule has 1 saturated heterocycles. The van der Waals surface area contributed by atoms with Gasteiger partial charge in [0.15, 0.2) is 0 Å². The number of benzene rings is 1. The van der Waals surface area contributed by atoms with Gasteiger partial charge >= 0.3 is 0 Å². The summed E-state index contributed by atoms with van der Waals surface area (Å²) in [5.41, 5.74) is 1.09. The van der Waals surface area contributed by atoms with Gasteiger partial charge in [0.2, 0.25) is 6.04 Å². The van der Waals surface area contributed by atoms with Crippen LogP contribution in [0.3, 0.4) is 0 Å². The van der Waals surface area contributed by atoms with E-state index in [0.29, 0.717) is 0 Å². The van der Waals surface area contributed by atoms with Crippen LogP contribution in [0.4, 0.5) is 0 Å². The molecule has 0 saturated carbocycles. The molecule has 0 aromatic heterocycles. The van der Waals surface area contributed by atoms with E-state index >= 15 is 0 Å². The summed E-state index contributed by atoms with van der Waals surface area (Å²) in [5, 5.41) is 11.7. The van der Waals surface area contributed by atoms with Gasteiger partial charge in [0.1, 0.15) is 0 Å². The molecule has 20 heavy (non-hydrogen) atoms. The van der Waals surface area contributed by atoms with Crippen molar-refractivity contribution in [2.45, 2.75) is 37.3 Å². The lowest BCUT2D eigenvalue weighted by Gasteiger charge is -2.34. The molecule has 1 fully saturated rings. The van der Waals surface area contributed by atoms with Crippen molar-refractivity contribution in [3.8, 4) is 0 Å². The van der Waals surface area contributed by atoms with Gasteiger partial charge in [-0.3, -0.25) is 15.0 Å². The molecular formula is C16H20N2O2. The minimum atomic E-state index is -0.527. The van der Waals surface area contributed by atoms with Crippen LogP contribution in [0.5, 0.6) is 0 Å². The van der Waals surface area contributed by atoms with Crippen molar-refractivity contribution in [3.63, 3.8) is 0 Å². The molecule has 0 N–H and O–H groups in total. The van der Waals surface area contributed by atoms with Gasteiger partial charge in [0, 0.05) is 4.92 Å². The van der Waals surface area contributed by atoms with Crippen LogP contribution in [0.15, 0.2) is 42.5 Å². The molecule has 106 valence electrons. The zero-order chi connectivity index (χ0) is 13.9. The summed E-state index contributed by atoms with van der Waals surface area (Å²) < 4.78 is 0. The van der Waals surface area contributed by atoms with Crippen molar-refractivity contribution < 1.29 is 4.92 Å². The minimum Gasteiger partial charge on any atom is -0.291 e. The highest BCUT2D eigenvalue weighted by atomic mass is 16.6. The van der Waals surface area contributed by atoms with E-state index in [1.807, 2.05) is 30.3 Å². The molecule has 1 aliphatic carbocycles. The molecule has 3 atom stereocenters. The Kier molecular flexibility index (Phi) is 3.83. The van der Waals surface area contributed by atoms with Gasteiger partial charge in [-0.1, -0.05) is 42.5 Å².